The van der Waals surface area contributed by atoms with Crippen molar-refractivity contribution in [1.82, 2.24) is 15.3 Å². The van der Waals surface area contributed by atoms with Crippen molar-refractivity contribution >= 4 is 27.5 Å². The molecule has 0 unspecified atom stereocenters. The Morgan fingerprint density at radius 1 is 1.09 bits per heavy atom. The van der Waals surface area contributed by atoms with E-state index in [0.29, 0.717) is 6.54 Å². The van der Waals surface area contributed by atoms with Gasteiger partial charge in [0.25, 0.3) is 5.91 Å². The van der Waals surface area contributed by atoms with Crippen molar-refractivity contribution in [2.24, 2.45) is 0 Å². The van der Waals surface area contributed by atoms with Crippen molar-refractivity contribution in [1.29, 1.82) is 0 Å². The fraction of sp³-hybridized carbons (Fsp3) is 0.278. The van der Waals surface area contributed by atoms with Crippen LogP contribution in [0.5, 0.6) is 0 Å². The van der Waals surface area contributed by atoms with Crippen LogP contribution in [0.1, 0.15) is 37.9 Å². The molecule has 1 N–H and O–H groups in total. The fourth-order valence-electron chi connectivity index (χ4n) is 2.66. The number of aryl methyl sites for hydroxylation is 4. The lowest BCUT2D eigenvalue weighted by atomic mass is 10.1. The summed E-state index contributed by atoms with van der Waals surface area (Å²) in [6.07, 6.45) is 0. The molecule has 0 aliphatic heterocycles. The van der Waals surface area contributed by atoms with Gasteiger partial charge in [-0.3, -0.25) is 4.79 Å². The highest BCUT2D eigenvalue weighted by molar-refractivity contribution is 7.20. The van der Waals surface area contributed by atoms with Crippen LogP contribution in [0.15, 0.2) is 24.3 Å². The summed E-state index contributed by atoms with van der Waals surface area (Å²) in [4.78, 5) is 23.0. The van der Waals surface area contributed by atoms with Crippen LogP contribution in [-0.4, -0.2) is 15.9 Å². The summed E-state index contributed by atoms with van der Waals surface area (Å²) in [6, 6.07) is 8.17. The van der Waals surface area contributed by atoms with Gasteiger partial charge in [0.15, 0.2) is 0 Å². The van der Waals surface area contributed by atoms with Crippen LogP contribution in [-0.2, 0) is 6.54 Å². The lowest BCUT2D eigenvalue weighted by Gasteiger charge is -2.05. The van der Waals surface area contributed by atoms with E-state index in [-0.39, 0.29) is 5.91 Å². The van der Waals surface area contributed by atoms with Crippen LogP contribution < -0.4 is 5.32 Å². The molecule has 0 aliphatic rings. The molecule has 0 aliphatic carbocycles. The van der Waals surface area contributed by atoms with Crippen LogP contribution in [0.3, 0.4) is 0 Å². The molecule has 23 heavy (non-hydrogen) atoms. The number of aromatic nitrogens is 2. The quantitative estimate of drug-likeness (QED) is 0.795. The lowest BCUT2D eigenvalue weighted by molar-refractivity contribution is 0.0954. The fourth-order valence-corrected chi connectivity index (χ4v) is 3.85. The summed E-state index contributed by atoms with van der Waals surface area (Å²) in [5.74, 6) is 0.686. The zero-order chi connectivity index (χ0) is 16.6. The molecule has 1 aromatic carbocycles. The molecule has 0 radical (unpaired) electrons. The van der Waals surface area contributed by atoms with Gasteiger partial charge < -0.3 is 5.32 Å². The van der Waals surface area contributed by atoms with E-state index in [1.807, 2.05) is 52.0 Å². The number of benzene rings is 1. The third kappa shape index (κ3) is 3.10. The molecule has 3 aromatic rings. The number of carbonyl (C=O) groups excluding carboxylic acids is 1. The zero-order valence-corrected chi connectivity index (χ0v) is 14.5. The van der Waals surface area contributed by atoms with E-state index in [0.717, 1.165) is 37.7 Å². The second-order valence-corrected chi connectivity index (χ2v) is 6.76. The van der Waals surface area contributed by atoms with Gasteiger partial charge in [0.1, 0.15) is 10.7 Å². The standard InChI is InChI=1S/C18H19N3OS/c1-10-5-7-14(8-6-10)9-19-17(22)16-11(2)15-12(3)20-13(4)21-18(15)23-16/h5-8H,9H2,1-4H3,(H,19,22). The first-order valence-corrected chi connectivity index (χ1v) is 8.35. The average Bonchev–Trinajstić information content (AvgIpc) is 2.83. The van der Waals surface area contributed by atoms with E-state index in [2.05, 4.69) is 15.3 Å². The zero-order valence-electron chi connectivity index (χ0n) is 13.7. The molecule has 0 saturated heterocycles. The largest absolute Gasteiger partial charge is 0.347 e. The minimum atomic E-state index is -0.0527. The molecule has 0 spiro atoms. The van der Waals surface area contributed by atoms with Gasteiger partial charge in [-0.05, 0) is 38.8 Å². The number of hydrogen-bond acceptors (Lipinski definition) is 4. The highest BCUT2D eigenvalue weighted by Crippen LogP contribution is 2.31. The molecule has 2 heterocycles. The highest BCUT2D eigenvalue weighted by atomic mass is 32.1. The third-order valence-electron chi connectivity index (χ3n) is 3.86. The molecule has 3 rings (SSSR count). The Morgan fingerprint density at radius 2 is 1.78 bits per heavy atom. The normalized spacial score (nSPS) is 11.0. The molecule has 1 amide bonds. The highest BCUT2D eigenvalue weighted by Gasteiger charge is 2.18. The van der Waals surface area contributed by atoms with E-state index in [1.165, 1.54) is 16.9 Å². The maximum Gasteiger partial charge on any atom is 0.261 e. The van der Waals surface area contributed by atoms with E-state index in [4.69, 9.17) is 0 Å². The van der Waals surface area contributed by atoms with Gasteiger partial charge in [-0.25, -0.2) is 9.97 Å². The maximum absolute atomic E-state index is 12.5. The van der Waals surface area contributed by atoms with Gasteiger partial charge >= 0.3 is 0 Å². The van der Waals surface area contributed by atoms with Crippen molar-refractivity contribution in [2.45, 2.75) is 34.2 Å². The van der Waals surface area contributed by atoms with E-state index in [1.54, 1.807) is 0 Å². The molecule has 118 valence electrons. The van der Waals surface area contributed by atoms with Gasteiger partial charge in [-0.15, -0.1) is 11.3 Å². The van der Waals surface area contributed by atoms with Crippen molar-refractivity contribution in [3.05, 3.63) is 57.4 Å². The van der Waals surface area contributed by atoms with Gasteiger partial charge in [0.2, 0.25) is 0 Å². The Bertz CT molecular complexity index is 881. The number of fused-ring (bicyclic) bond motifs is 1. The second-order valence-electron chi connectivity index (χ2n) is 5.76. The second kappa shape index (κ2) is 6.08. The molecule has 0 saturated carbocycles. The van der Waals surface area contributed by atoms with E-state index >= 15 is 0 Å². The summed E-state index contributed by atoms with van der Waals surface area (Å²) >= 11 is 1.43. The maximum atomic E-state index is 12.5. The number of nitrogens with zero attached hydrogens (tertiary/aromatic N) is 2. The van der Waals surface area contributed by atoms with Gasteiger partial charge in [-0.1, -0.05) is 29.8 Å². The van der Waals surface area contributed by atoms with E-state index < -0.39 is 0 Å². The summed E-state index contributed by atoms with van der Waals surface area (Å²) in [7, 11) is 0. The summed E-state index contributed by atoms with van der Waals surface area (Å²) < 4.78 is 0. The first kappa shape index (κ1) is 15.6. The van der Waals surface area contributed by atoms with Crippen LogP contribution in [0.4, 0.5) is 0 Å². The topological polar surface area (TPSA) is 54.9 Å². The van der Waals surface area contributed by atoms with Crippen molar-refractivity contribution in [3.8, 4) is 0 Å². The Kier molecular flexibility index (Phi) is 4.13. The molecular weight excluding hydrogens is 306 g/mol. The van der Waals surface area contributed by atoms with Crippen molar-refractivity contribution in [2.75, 3.05) is 0 Å². The summed E-state index contributed by atoms with van der Waals surface area (Å²) in [6.45, 7) is 8.37. The summed E-state index contributed by atoms with van der Waals surface area (Å²) in [5.41, 5.74) is 4.20. The number of hydrogen-bond donors (Lipinski definition) is 1. The molecule has 2 aromatic heterocycles. The van der Waals surface area contributed by atoms with Gasteiger partial charge in [-0.2, -0.15) is 0 Å². The number of carbonyl (C=O) groups is 1. The predicted molar refractivity (Wildman–Crippen MR) is 94.0 cm³/mol. The number of amides is 1. The van der Waals surface area contributed by atoms with E-state index in [9.17, 15) is 4.79 Å². The Balaban J connectivity index is 1.85. The van der Waals surface area contributed by atoms with Crippen LogP contribution in [0.25, 0.3) is 10.2 Å². The monoisotopic (exact) mass is 325 g/mol. The Morgan fingerprint density at radius 3 is 2.48 bits per heavy atom. The lowest BCUT2D eigenvalue weighted by Crippen LogP contribution is -2.22. The molecular formula is C18H19N3OS. The molecule has 0 atom stereocenters. The third-order valence-corrected chi connectivity index (χ3v) is 5.05. The average molecular weight is 325 g/mol. The van der Waals surface area contributed by atoms with Crippen molar-refractivity contribution in [3.63, 3.8) is 0 Å². The SMILES string of the molecule is Cc1ccc(CNC(=O)c2sc3nc(C)nc(C)c3c2C)cc1. The minimum Gasteiger partial charge on any atom is -0.347 e. The summed E-state index contributed by atoms with van der Waals surface area (Å²) in [5, 5.41) is 3.99. The minimum absolute atomic E-state index is 0.0527. The molecule has 0 bridgehead atoms. The first-order chi connectivity index (χ1) is 11.0. The van der Waals surface area contributed by atoms with Crippen molar-refractivity contribution < 1.29 is 4.79 Å². The van der Waals surface area contributed by atoms with Gasteiger partial charge in [0, 0.05) is 17.6 Å². The predicted octanol–water partition coefficient (Wildman–Crippen LogP) is 3.85. The number of rotatable bonds is 3. The molecule has 4 nitrogen and oxygen atoms in total. The number of thiophene rings is 1. The van der Waals surface area contributed by atoms with Crippen LogP contribution in [0.2, 0.25) is 0 Å². The first-order valence-electron chi connectivity index (χ1n) is 7.54. The smallest absolute Gasteiger partial charge is 0.261 e. The Hall–Kier alpha value is -2.27. The van der Waals surface area contributed by atoms with Gasteiger partial charge in [0.05, 0.1) is 4.88 Å². The Labute approximate surface area is 139 Å². The number of nitrogens with one attached hydrogen (secondary N) is 1. The van der Waals surface area contributed by atoms with Crippen LogP contribution >= 0.6 is 11.3 Å². The molecule has 5 heteroatoms. The van der Waals surface area contributed by atoms with Crippen LogP contribution in [0, 0.1) is 27.7 Å². The molecule has 0 fully saturated rings.